The van der Waals surface area contributed by atoms with Crippen molar-refractivity contribution in [1.29, 1.82) is 0 Å². The van der Waals surface area contributed by atoms with Crippen LogP contribution in [0.25, 0.3) is 0 Å². The van der Waals surface area contributed by atoms with E-state index in [0.29, 0.717) is 11.4 Å². The highest BCUT2D eigenvalue weighted by molar-refractivity contribution is 6.09. The largest absolute Gasteiger partial charge is 0.373 e. The Kier molecular flexibility index (Phi) is 3.39. The monoisotopic (exact) mass is 281 g/mol. The minimum atomic E-state index is -0.232. The maximum absolute atomic E-state index is 12.5. The van der Waals surface area contributed by atoms with Gasteiger partial charge in [0.15, 0.2) is 0 Å². The molecule has 5 nitrogen and oxygen atoms in total. The zero-order chi connectivity index (χ0) is 14.8. The van der Waals surface area contributed by atoms with E-state index in [0.717, 1.165) is 11.1 Å². The molecule has 2 aromatic rings. The lowest BCUT2D eigenvalue weighted by Crippen LogP contribution is -2.41. The molecular formula is C16H15N3O2. The third kappa shape index (κ3) is 2.50. The van der Waals surface area contributed by atoms with Crippen molar-refractivity contribution in [2.75, 3.05) is 12.4 Å². The lowest BCUT2D eigenvalue weighted by molar-refractivity contribution is -0.128. The maximum Gasteiger partial charge on any atom is 0.261 e. The first-order valence-electron chi connectivity index (χ1n) is 6.74. The van der Waals surface area contributed by atoms with Gasteiger partial charge in [0, 0.05) is 18.8 Å². The number of nitrogens with zero attached hydrogens (tertiary/aromatic N) is 2. The fourth-order valence-electron chi connectivity index (χ4n) is 2.45. The Morgan fingerprint density at radius 3 is 2.86 bits per heavy atom. The second-order valence-electron chi connectivity index (χ2n) is 4.92. The van der Waals surface area contributed by atoms with E-state index in [1.54, 1.807) is 19.3 Å². The van der Waals surface area contributed by atoms with E-state index in [9.17, 15) is 9.59 Å². The number of fused-ring (bicyclic) bond motifs is 1. The van der Waals surface area contributed by atoms with Gasteiger partial charge in [0.05, 0.1) is 13.0 Å². The summed E-state index contributed by atoms with van der Waals surface area (Å²) in [5, 5.41) is 2.94. The molecule has 0 saturated carbocycles. The molecule has 2 amide bonds. The smallest absolute Gasteiger partial charge is 0.261 e. The highest BCUT2D eigenvalue weighted by atomic mass is 16.2. The molecule has 0 spiro atoms. The average Bonchev–Trinajstić information content (AvgIpc) is 2.51. The fourth-order valence-corrected chi connectivity index (χ4v) is 2.45. The molecule has 0 atom stereocenters. The summed E-state index contributed by atoms with van der Waals surface area (Å²) in [4.78, 5) is 30.1. The highest BCUT2D eigenvalue weighted by Crippen LogP contribution is 2.21. The van der Waals surface area contributed by atoms with E-state index in [1.807, 2.05) is 30.3 Å². The number of benzene rings is 1. The number of aromatic nitrogens is 1. The van der Waals surface area contributed by atoms with Gasteiger partial charge in [-0.05, 0) is 29.3 Å². The minimum absolute atomic E-state index is 0.165. The Hall–Kier alpha value is -2.69. The number of carbonyl (C=O) groups excluding carboxylic acids is 2. The van der Waals surface area contributed by atoms with Crippen molar-refractivity contribution >= 4 is 17.6 Å². The predicted molar refractivity (Wildman–Crippen MR) is 78.8 cm³/mol. The second kappa shape index (κ2) is 5.36. The van der Waals surface area contributed by atoms with Crippen LogP contribution in [0.1, 0.15) is 21.5 Å². The van der Waals surface area contributed by atoms with Crippen LogP contribution in [0.15, 0.2) is 42.6 Å². The number of hydrogen-bond acceptors (Lipinski definition) is 4. The Morgan fingerprint density at radius 2 is 2.05 bits per heavy atom. The molecule has 5 heteroatoms. The zero-order valence-corrected chi connectivity index (χ0v) is 11.7. The maximum atomic E-state index is 12.5. The van der Waals surface area contributed by atoms with Gasteiger partial charge in [0.25, 0.3) is 5.91 Å². The third-order valence-electron chi connectivity index (χ3n) is 3.56. The quantitative estimate of drug-likeness (QED) is 0.872. The van der Waals surface area contributed by atoms with E-state index in [-0.39, 0.29) is 24.8 Å². The van der Waals surface area contributed by atoms with Crippen LogP contribution in [0.5, 0.6) is 0 Å². The van der Waals surface area contributed by atoms with Gasteiger partial charge in [-0.15, -0.1) is 0 Å². The Balaban J connectivity index is 1.89. The molecule has 1 N–H and O–H groups in total. The normalized spacial score (nSPS) is 14.0. The molecule has 1 aromatic carbocycles. The molecule has 0 bridgehead atoms. The van der Waals surface area contributed by atoms with Crippen LogP contribution in [0, 0.1) is 0 Å². The number of nitrogens with one attached hydrogen (secondary N) is 1. The first-order valence-corrected chi connectivity index (χ1v) is 6.74. The summed E-state index contributed by atoms with van der Waals surface area (Å²) in [5.41, 5.74) is 2.28. The predicted octanol–water partition coefficient (Wildman–Crippen LogP) is 1.85. The van der Waals surface area contributed by atoms with Crippen molar-refractivity contribution in [2.45, 2.75) is 13.0 Å². The SMILES string of the molecule is CNc1cc(CN2C(=O)Cc3ccccc3C2=O)ccn1. The van der Waals surface area contributed by atoms with Gasteiger partial charge >= 0.3 is 0 Å². The number of carbonyl (C=O) groups is 2. The Bertz CT molecular complexity index is 712. The van der Waals surface area contributed by atoms with Crippen LogP contribution in [-0.4, -0.2) is 28.7 Å². The summed E-state index contributed by atoms with van der Waals surface area (Å²) < 4.78 is 0. The van der Waals surface area contributed by atoms with Gasteiger partial charge in [-0.3, -0.25) is 14.5 Å². The Morgan fingerprint density at radius 1 is 1.24 bits per heavy atom. The standard InChI is InChI=1S/C16H15N3O2/c1-17-14-8-11(6-7-18-14)10-19-15(20)9-12-4-2-3-5-13(12)16(19)21/h2-8H,9-10H2,1H3,(H,17,18). The van der Waals surface area contributed by atoms with Crippen molar-refractivity contribution in [3.63, 3.8) is 0 Å². The number of hydrogen-bond donors (Lipinski definition) is 1. The summed E-state index contributed by atoms with van der Waals surface area (Å²) in [6, 6.07) is 10.9. The minimum Gasteiger partial charge on any atom is -0.373 e. The molecule has 3 rings (SSSR count). The average molecular weight is 281 g/mol. The first-order chi connectivity index (χ1) is 10.2. The number of imide groups is 1. The van der Waals surface area contributed by atoms with Gasteiger partial charge in [-0.25, -0.2) is 4.98 Å². The molecule has 106 valence electrons. The van der Waals surface area contributed by atoms with Crippen molar-refractivity contribution < 1.29 is 9.59 Å². The molecule has 0 fully saturated rings. The van der Waals surface area contributed by atoms with Crippen molar-refractivity contribution in [3.05, 3.63) is 59.3 Å². The van der Waals surface area contributed by atoms with E-state index >= 15 is 0 Å². The van der Waals surface area contributed by atoms with E-state index in [2.05, 4.69) is 10.3 Å². The highest BCUT2D eigenvalue weighted by Gasteiger charge is 2.30. The van der Waals surface area contributed by atoms with E-state index in [1.165, 1.54) is 4.90 Å². The van der Waals surface area contributed by atoms with Gasteiger partial charge < -0.3 is 5.32 Å². The summed E-state index contributed by atoms with van der Waals surface area (Å²) in [7, 11) is 1.78. The first kappa shape index (κ1) is 13.3. The fraction of sp³-hybridized carbons (Fsp3) is 0.188. The van der Waals surface area contributed by atoms with Crippen LogP contribution in [-0.2, 0) is 17.8 Å². The molecule has 1 aliphatic rings. The molecule has 0 aliphatic carbocycles. The van der Waals surface area contributed by atoms with Crippen LogP contribution in [0.3, 0.4) is 0 Å². The number of anilines is 1. The summed E-state index contributed by atoms with van der Waals surface area (Å²) in [6.07, 6.45) is 1.93. The molecule has 0 saturated heterocycles. The molecular weight excluding hydrogens is 266 g/mol. The second-order valence-corrected chi connectivity index (χ2v) is 4.92. The lowest BCUT2D eigenvalue weighted by Gasteiger charge is -2.26. The Labute approximate surface area is 122 Å². The van der Waals surface area contributed by atoms with Gasteiger partial charge in [-0.1, -0.05) is 18.2 Å². The lowest BCUT2D eigenvalue weighted by atomic mass is 9.98. The molecule has 0 radical (unpaired) electrons. The number of rotatable bonds is 3. The molecule has 1 aliphatic heterocycles. The summed E-state index contributed by atoms with van der Waals surface area (Å²) in [6.45, 7) is 0.267. The van der Waals surface area contributed by atoms with Crippen molar-refractivity contribution in [2.24, 2.45) is 0 Å². The topological polar surface area (TPSA) is 62.3 Å². The van der Waals surface area contributed by atoms with Crippen LogP contribution >= 0.6 is 0 Å². The van der Waals surface area contributed by atoms with Crippen molar-refractivity contribution in [1.82, 2.24) is 9.88 Å². The van der Waals surface area contributed by atoms with E-state index < -0.39 is 0 Å². The number of amides is 2. The molecule has 1 aromatic heterocycles. The third-order valence-corrected chi connectivity index (χ3v) is 3.56. The number of pyridine rings is 1. The summed E-state index contributed by atoms with van der Waals surface area (Å²) in [5.74, 6) is 0.316. The molecule has 21 heavy (non-hydrogen) atoms. The summed E-state index contributed by atoms with van der Waals surface area (Å²) >= 11 is 0. The zero-order valence-electron chi connectivity index (χ0n) is 11.7. The molecule has 0 unspecified atom stereocenters. The van der Waals surface area contributed by atoms with E-state index in [4.69, 9.17) is 0 Å². The van der Waals surface area contributed by atoms with Crippen LogP contribution < -0.4 is 5.32 Å². The van der Waals surface area contributed by atoms with Crippen molar-refractivity contribution in [3.8, 4) is 0 Å². The molecule has 2 heterocycles. The van der Waals surface area contributed by atoms with Gasteiger partial charge in [0.2, 0.25) is 5.91 Å². The van der Waals surface area contributed by atoms with Crippen LogP contribution in [0.4, 0.5) is 5.82 Å². The van der Waals surface area contributed by atoms with Gasteiger partial charge in [-0.2, -0.15) is 0 Å². The van der Waals surface area contributed by atoms with Crippen LogP contribution in [0.2, 0.25) is 0 Å². The van der Waals surface area contributed by atoms with Gasteiger partial charge in [0.1, 0.15) is 5.82 Å².